The second kappa shape index (κ2) is 23.2. The van der Waals surface area contributed by atoms with Crippen LogP contribution in [-0.2, 0) is 5.41 Å². The van der Waals surface area contributed by atoms with Crippen molar-refractivity contribution in [1.29, 1.82) is 0 Å². The number of para-hydroxylation sites is 5. The third-order valence-corrected chi connectivity index (χ3v) is 22.2. The second-order valence-corrected chi connectivity index (χ2v) is 28.4. The molecule has 0 spiro atoms. The van der Waals surface area contributed by atoms with Crippen LogP contribution in [0.25, 0.3) is 138 Å². The van der Waals surface area contributed by atoms with Gasteiger partial charge in [0.2, 0.25) is 0 Å². The Morgan fingerprint density at radius 2 is 0.792 bits per heavy atom. The number of hydrogen-bond donors (Lipinski definition) is 0. The van der Waals surface area contributed by atoms with Gasteiger partial charge in [-0.3, -0.25) is 0 Å². The van der Waals surface area contributed by atoms with Crippen LogP contribution in [0, 0.1) is 0 Å². The van der Waals surface area contributed by atoms with Gasteiger partial charge in [-0.2, -0.15) is 0 Å². The third kappa shape index (κ3) is 9.06. The van der Waals surface area contributed by atoms with Crippen LogP contribution in [0.4, 0.5) is 34.1 Å². The first-order valence-corrected chi connectivity index (χ1v) is 35.9. The summed E-state index contributed by atoms with van der Waals surface area (Å²) in [5.74, 6) is 1.57. The van der Waals surface area contributed by atoms with Crippen molar-refractivity contribution < 1.29 is 24.5 Å². The number of fused-ring (bicyclic) bond motifs is 15. The fourth-order valence-corrected chi connectivity index (χ4v) is 17.4. The van der Waals surface area contributed by atoms with Gasteiger partial charge in [0, 0.05) is 77.7 Å². The van der Waals surface area contributed by atoms with Crippen molar-refractivity contribution in [2.45, 2.75) is 19.3 Å². The molecule has 6 nitrogen and oxygen atoms in total. The Hall–Kier alpha value is -13.6. The van der Waals surface area contributed by atoms with E-state index in [2.05, 4.69) is 260 Å². The van der Waals surface area contributed by atoms with Crippen molar-refractivity contribution in [2.24, 2.45) is 0 Å². The highest BCUT2D eigenvalue weighted by molar-refractivity contribution is 7.00. The van der Waals surface area contributed by atoms with E-state index in [1.165, 1.54) is 0 Å². The number of ether oxygens (including phenoxy) is 1. The lowest BCUT2D eigenvalue weighted by atomic mass is 9.33. The first kappa shape index (κ1) is 52.4. The van der Waals surface area contributed by atoms with Gasteiger partial charge in [0.05, 0.1) is 44.1 Å². The average molecular weight is 1360 g/mol. The van der Waals surface area contributed by atoms with E-state index >= 15 is 0 Å². The molecule has 3 aliphatic rings. The van der Waals surface area contributed by atoms with Gasteiger partial charge >= 0.3 is 0 Å². The molecule has 16 aromatic carbocycles. The maximum atomic E-state index is 9.92. The van der Waals surface area contributed by atoms with Crippen molar-refractivity contribution in [3.05, 3.63) is 363 Å². The summed E-state index contributed by atoms with van der Waals surface area (Å²) in [5.41, 5.74) is 24.3. The summed E-state index contributed by atoms with van der Waals surface area (Å²) in [6.07, 6.45) is 0. The van der Waals surface area contributed by atoms with Gasteiger partial charge in [-0.15, -0.1) is 0 Å². The van der Waals surface area contributed by atoms with Crippen LogP contribution >= 0.6 is 0 Å². The normalized spacial score (nSPS) is 14.3. The molecule has 3 aromatic heterocycles. The zero-order chi connectivity index (χ0) is 76.8. The smallest absolute Gasteiger partial charge is 0.252 e. The SMILES string of the molecule is [2H]c1c([2H])c([2H])c2c(c1[2H])c1c([2H])c([2H])c([2H])c([2H])c1n2-c1ccc2c(c1)N(c1c(-c3ccccc3)ccc3oc4ccccc4c13)c1cc(-c3ccc4c(c3)C(C)(C)c3ccccc3O4)cc3c1B2c1cc(-c2cc(-c4ccccc4)cc(-c4ccccc4)c2)ccc1N3c1c(-c2ccccc2)ccc2oc3ccccc3c12. The van der Waals surface area contributed by atoms with Crippen LogP contribution < -0.4 is 30.9 Å². The molecule has 0 saturated heterocycles. The Labute approximate surface area is 624 Å². The lowest BCUT2D eigenvalue weighted by Gasteiger charge is -2.45. The monoisotopic (exact) mass is 1360 g/mol. The van der Waals surface area contributed by atoms with Crippen LogP contribution in [0.15, 0.2) is 360 Å². The van der Waals surface area contributed by atoms with Crippen LogP contribution in [0.2, 0.25) is 0 Å². The lowest BCUT2D eigenvalue weighted by molar-refractivity contribution is 0.418. The van der Waals surface area contributed by atoms with Gasteiger partial charge < -0.3 is 27.9 Å². The number of benzene rings is 16. The van der Waals surface area contributed by atoms with Crippen molar-refractivity contribution in [2.75, 3.05) is 9.80 Å². The first-order chi connectivity index (χ1) is 55.6. The summed E-state index contributed by atoms with van der Waals surface area (Å²) in [7, 11) is 0. The first-order valence-electron chi connectivity index (χ1n) is 39.9. The van der Waals surface area contributed by atoms with Crippen LogP contribution in [-0.4, -0.2) is 11.3 Å². The molecule has 3 aliphatic heterocycles. The number of furan rings is 2. The minimum atomic E-state index is -0.609. The number of anilines is 6. The van der Waals surface area contributed by atoms with Crippen LogP contribution in [0.5, 0.6) is 11.5 Å². The van der Waals surface area contributed by atoms with Crippen molar-refractivity contribution in [1.82, 2.24) is 4.57 Å². The molecule has 106 heavy (non-hydrogen) atoms. The van der Waals surface area contributed by atoms with E-state index < -0.39 is 60.5 Å². The predicted octanol–water partition coefficient (Wildman–Crippen LogP) is 25.1. The van der Waals surface area contributed by atoms with E-state index in [-0.39, 0.29) is 21.8 Å². The molecule has 19 aromatic rings. The van der Waals surface area contributed by atoms with E-state index in [0.29, 0.717) is 28.1 Å². The number of aromatic nitrogens is 1. The molecule has 496 valence electrons. The molecule has 6 heterocycles. The molecule has 7 heteroatoms. The zero-order valence-corrected chi connectivity index (χ0v) is 57.5. The highest BCUT2D eigenvalue weighted by Crippen LogP contribution is 2.57. The van der Waals surface area contributed by atoms with Gasteiger partial charge in [0.1, 0.15) is 33.8 Å². The van der Waals surface area contributed by atoms with E-state index in [0.717, 1.165) is 161 Å². The van der Waals surface area contributed by atoms with Crippen molar-refractivity contribution >= 4 is 123 Å². The Morgan fingerprint density at radius 1 is 0.321 bits per heavy atom. The van der Waals surface area contributed by atoms with Gasteiger partial charge in [0.25, 0.3) is 6.71 Å². The minimum absolute atomic E-state index is 0.0104. The Morgan fingerprint density at radius 3 is 1.38 bits per heavy atom. The van der Waals surface area contributed by atoms with Crippen LogP contribution in [0.3, 0.4) is 0 Å². The molecule has 0 saturated carbocycles. The van der Waals surface area contributed by atoms with Gasteiger partial charge in [0.15, 0.2) is 0 Å². The van der Waals surface area contributed by atoms with E-state index in [1.807, 2.05) is 66.7 Å². The number of rotatable bonds is 9. The lowest BCUT2D eigenvalue weighted by Crippen LogP contribution is -2.61. The minimum Gasteiger partial charge on any atom is -0.457 e. The maximum Gasteiger partial charge on any atom is 0.252 e. The van der Waals surface area contributed by atoms with Gasteiger partial charge in [-0.05, 0) is 187 Å². The molecule has 0 fully saturated rings. The third-order valence-electron chi connectivity index (χ3n) is 22.2. The Bertz CT molecular complexity index is 7230. The summed E-state index contributed by atoms with van der Waals surface area (Å²) < 4.78 is 98.7. The quantitative estimate of drug-likeness (QED) is 0.135. The van der Waals surface area contributed by atoms with E-state index in [9.17, 15) is 8.22 Å². The molecule has 22 rings (SSSR count). The molecule has 0 radical (unpaired) electrons. The second-order valence-electron chi connectivity index (χ2n) is 28.4. The van der Waals surface area contributed by atoms with Crippen LogP contribution in [0.1, 0.15) is 35.9 Å². The highest BCUT2D eigenvalue weighted by atomic mass is 16.5. The fraction of sp³-hybridized carbons (Fsp3) is 0.0303. The van der Waals surface area contributed by atoms with E-state index in [1.54, 1.807) is 4.57 Å². The predicted molar refractivity (Wildman–Crippen MR) is 441 cm³/mol. The molecule has 0 N–H and O–H groups in total. The van der Waals surface area contributed by atoms with Crippen molar-refractivity contribution in [3.63, 3.8) is 0 Å². The molecular weight excluding hydrogens is 1290 g/mol. The maximum absolute atomic E-state index is 9.92. The summed E-state index contributed by atoms with van der Waals surface area (Å²) in [4.78, 5) is 4.89. The highest BCUT2D eigenvalue weighted by Gasteiger charge is 2.46. The summed E-state index contributed by atoms with van der Waals surface area (Å²) in [6.45, 7) is 3.91. The number of hydrogen-bond acceptors (Lipinski definition) is 5. The van der Waals surface area contributed by atoms with Gasteiger partial charge in [-0.1, -0.05) is 250 Å². The molecule has 0 unspecified atom stereocenters. The molecular formula is C99H64BN3O3. The molecule has 0 aliphatic carbocycles. The van der Waals surface area contributed by atoms with Crippen molar-refractivity contribution in [3.8, 4) is 83.9 Å². The average Bonchev–Trinajstić information content (AvgIpc) is 1.01. The molecule has 0 bridgehead atoms. The van der Waals surface area contributed by atoms with Gasteiger partial charge in [-0.25, -0.2) is 0 Å². The summed E-state index contributed by atoms with van der Waals surface area (Å²) in [5, 5.41) is 3.53. The topological polar surface area (TPSA) is 46.9 Å². The standard InChI is InChI=1S/C99H64BN3O3/c1-99(2)78-37-19-24-42-90(78)106-91-50-44-65(56-79(91)99)70-58-86-96-87(59-70)103(98-73(64-31-13-6-14-32-64)47-52-93-95(98)77-36-18-23-41-89(77)105-93)85-60-71(101-82-38-20-15-33-74(82)75-34-16-21-39-83(75)101)45-48-80(85)100(96)81-57-66(69-54-67(61-25-7-3-8-26-61)53-68(55-69)62-27-9-4-10-28-62)43-49-84(81)102(86)97-72(63-29-11-5-12-30-63)46-51-92-94(97)76-35-17-22-40-88(76)104-92/h3-60H,1-2H3/i15D,16D,20D,21D,33D,34D,38D,39D. The molecule has 0 amide bonds. The Kier molecular flexibility index (Phi) is 11.5. The fourth-order valence-electron chi connectivity index (χ4n) is 17.4. The summed E-state index contributed by atoms with van der Waals surface area (Å²) in [6, 6.07) is 103. The van der Waals surface area contributed by atoms with E-state index in [4.69, 9.17) is 16.3 Å². The zero-order valence-electron chi connectivity index (χ0n) is 65.5. The number of nitrogens with zero attached hydrogens (tertiary/aromatic N) is 3. The summed E-state index contributed by atoms with van der Waals surface area (Å²) >= 11 is 0. The molecule has 0 atom stereocenters. The largest absolute Gasteiger partial charge is 0.457 e. The Balaban J connectivity index is 0.934.